The topological polar surface area (TPSA) is 164 Å². The summed E-state index contributed by atoms with van der Waals surface area (Å²) in [6, 6.07) is 0.219. The minimum Gasteiger partial charge on any atom is -0.399 e. The van der Waals surface area contributed by atoms with Crippen LogP contribution in [0.5, 0.6) is 0 Å². The van der Waals surface area contributed by atoms with Crippen molar-refractivity contribution in [3.63, 3.8) is 0 Å². The molecular formula is C30H59N5O10. The number of likely N-dealkylation sites (tertiary alicyclic amines) is 3. The molecule has 45 heavy (non-hydrogen) atoms. The van der Waals surface area contributed by atoms with Gasteiger partial charge in [0, 0.05) is 83.8 Å². The summed E-state index contributed by atoms with van der Waals surface area (Å²) in [4.78, 5) is 55.4. The van der Waals surface area contributed by atoms with Crippen LogP contribution < -0.4 is 0 Å². The average molecular weight is 650 g/mol. The van der Waals surface area contributed by atoms with E-state index >= 15 is 0 Å². The first kappa shape index (κ1) is 43.1. The van der Waals surface area contributed by atoms with Gasteiger partial charge in [-0.15, -0.1) is 0 Å². The SMILES string of the molecule is CCN1CC/C(=N/OC)CC1COOC.CCN1CCC(=NC=O)CC1C(O)O.CCN1CCC(=O)CC1COOC.COC. The predicted octanol–water partition coefficient (Wildman–Crippen LogP) is 1.31. The van der Waals surface area contributed by atoms with Gasteiger partial charge in [-0.05, 0) is 26.1 Å². The second-order valence-corrected chi connectivity index (χ2v) is 10.5. The molecule has 15 nitrogen and oxygen atoms in total. The van der Waals surface area contributed by atoms with Gasteiger partial charge in [-0.3, -0.25) is 24.3 Å². The Morgan fingerprint density at radius 2 is 1.27 bits per heavy atom. The Hall–Kier alpha value is -1.92. The Labute approximate surface area is 269 Å². The van der Waals surface area contributed by atoms with Crippen LogP contribution >= 0.6 is 0 Å². The third kappa shape index (κ3) is 18.1. The van der Waals surface area contributed by atoms with Gasteiger partial charge in [-0.2, -0.15) is 0 Å². The highest BCUT2D eigenvalue weighted by molar-refractivity contribution is 5.90. The monoisotopic (exact) mass is 649 g/mol. The summed E-state index contributed by atoms with van der Waals surface area (Å²) in [5.41, 5.74) is 1.86. The summed E-state index contributed by atoms with van der Waals surface area (Å²) >= 11 is 0. The zero-order valence-corrected chi connectivity index (χ0v) is 28.7. The molecule has 3 aliphatic rings. The van der Waals surface area contributed by atoms with Crippen LogP contribution in [0.2, 0.25) is 0 Å². The van der Waals surface area contributed by atoms with Gasteiger partial charge in [0.1, 0.15) is 12.9 Å². The van der Waals surface area contributed by atoms with Crippen LogP contribution in [0.15, 0.2) is 10.1 Å². The molecule has 0 aliphatic carbocycles. The van der Waals surface area contributed by atoms with E-state index in [0.29, 0.717) is 50.7 Å². The molecule has 0 aromatic carbocycles. The maximum Gasteiger partial charge on any atom is 0.232 e. The van der Waals surface area contributed by atoms with Crippen molar-refractivity contribution < 1.29 is 48.9 Å². The first-order valence-electron chi connectivity index (χ1n) is 15.6. The smallest absolute Gasteiger partial charge is 0.232 e. The summed E-state index contributed by atoms with van der Waals surface area (Å²) in [6.45, 7) is 12.6. The number of piperidine rings is 3. The summed E-state index contributed by atoms with van der Waals surface area (Å²) in [6.07, 6.45) is 3.48. The Kier molecular flexibility index (Phi) is 26.1. The Bertz CT molecular complexity index is 833. The third-order valence-corrected chi connectivity index (χ3v) is 7.71. The van der Waals surface area contributed by atoms with Crippen molar-refractivity contribution in [1.82, 2.24) is 14.7 Å². The molecule has 0 aromatic heterocycles. The van der Waals surface area contributed by atoms with Gasteiger partial charge in [0.25, 0.3) is 0 Å². The number of aliphatic imine (C=N–C) groups is 1. The molecule has 3 fully saturated rings. The van der Waals surface area contributed by atoms with Crippen LogP contribution in [-0.2, 0) is 38.7 Å². The predicted molar refractivity (Wildman–Crippen MR) is 171 cm³/mol. The average Bonchev–Trinajstić information content (AvgIpc) is 3.04. The maximum atomic E-state index is 11.2. The van der Waals surface area contributed by atoms with Crippen LogP contribution in [0.25, 0.3) is 0 Å². The van der Waals surface area contributed by atoms with Gasteiger partial charge >= 0.3 is 0 Å². The van der Waals surface area contributed by atoms with Gasteiger partial charge in [0.15, 0.2) is 6.29 Å². The summed E-state index contributed by atoms with van der Waals surface area (Å²) in [5, 5.41) is 22.3. The van der Waals surface area contributed by atoms with Crippen LogP contribution in [-0.4, -0.2) is 161 Å². The lowest BCUT2D eigenvalue weighted by molar-refractivity contribution is -0.280. The summed E-state index contributed by atoms with van der Waals surface area (Å²) in [7, 11) is 7.85. The van der Waals surface area contributed by atoms with E-state index < -0.39 is 6.29 Å². The van der Waals surface area contributed by atoms with Crippen molar-refractivity contribution in [1.29, 1.82) is 0 Å². The van der Waals surface area contributed by atoms with E-state index in [9.17, 15) is 9.59 Å². The fraction of sp³-hybridized carbons (Fsp3) is 0.867. The van der Waals surface area contributed by atoms with E-state index in [0.717, 1.165) is 70.0 Å². The number of hydrogen-bond donors (Lipinski definition) is 2. The Morgan fingerprint density at radius 3 is 1.73 bits per heavy atom. The lowest BCUT2D eigenvalue weighted by Gasteiger charge is -2.36. The van der Waals surface area contributed by atoms with Gasteiger partial charge in [0.05, 0.1) is 39.2 Å². The standard InChI is InChI=1S/C10H20N2O3.C9H16N2O3.C9H17NO3.C2H6O/c1-4-12-6-5-9(11-13-2)7-10(12)8-15-14-3;1-2-11-4-3-7(10-6-12)5-8(11)9(13)14;1-3-10-5-4-9(11)6-8(10)7-13-12-2;1-3-2/h10H,4-8H2,1-3H3;6,8-9,13-14H,2-5H2,1H3;8H,3-7H2,1-2H3;1-2H3/b11-9-;;;. The van der Waals surface area contributed by atoms with E-state index in [1.807, 2.05) is 11.8 Å². The van der Waals surface area contributed by atoms with Gasteiger partial charge in [-0.1, -0.05) is 25.9 Å². The van der Waals surface area contributed by atoms with Crippen molar-refractivity contribution >= 4 is 23.6 Å². The molecule has 0 bridgehead atoms. The van der Waals surface area contributed by atoms with E-state index in [-0.39, 0.29) is 12.1 Å². The second kappa shape index (κ2) is 27.2. The third-order valence-electron chi connectivity index (χ3n) is 7.71. The molecule has 0 radical (unpaired) electrons. The number of nitrogens with zero attached hydrogens (tertiary/aromatic N) is 5. The molecule has 3 aliphatic heterocycles. The highest BCUT2D eigenvalue weighted by Gasteiger charge is 2.29. The van der Waals surface area contributed by atoms with Gasteiger partial charge in [0.2, 0.25) is 6.41 Å². The molecule has 0 saturated carbocycles. The molecule has 3 heterocycles. The fourth-order valence-electron chi connectivity index (χ4n) is 5.36. The molecule has 3 rings (SSSR count). The molecular weight excluding hydrogens is 590 g/mol. The zero-order valence-electron chi connectivity index (χ0n) is 28.7. The van der Waals surface area contributed by atoms with E-state index in [1.165, 1.54) is 14.2 Å². The quantitative estimate of drug-likeness (QED) is 0.135. The first-order chi connectivity index (χ1) is 21.7. The minimum atomic E-state index is -1.37. The van der Waals surface area contributed by atoms with Gasteiger partial charge < -0.3 is 19.8 Å². The Morgan fingerprint density at radius 1 is 0.778 bits per heavy atom. The van der Waals surface area contributed by atoms with Crippen molar-refractivity contribution in [2.45, 2.75) is 83.7 Å². The second-order valence-electron chi connectivity index (χ2n) is 10.5. The minimum absolute atomic E-state index is 0.200. The molecule has 3 saturated heterocycles. The molecule has 3 atom stereocenters. The molecule has 3 unspecified atom stereocenters. The molecule has 2 N–H and O–H groups in total. The maximum absolute atomic E-state index is 11.2. The van der Waals surface area contributed by atoms with Gasteiger partial charge in [-0.25, -0.2) is 24.5 Å². The number of methoxy groups -OCH3 is 1. The highest BCUT2D eigenvalue weighted by Crippen LogP contribution is 2.18. The van der Waals surface area contributed by atoms with Crippen LogP contribution in [0.1, 0.15) is 59.3 Å². The first-order valence-corrected chi connectivity index (χ1v) is 15.6. The highest BCUT2D eigenvalue weighted by atomic mass is 17.2. The molecule has 0 spiro atoms. The normalized spacial score (nSPS) is 24.7. The fourth-order valence-corrected chi connectivity index (χ4v) is 5.36. The number of aliphatic hydroxyl groups is 2. The number of ether oxygens (including phenoxy) is 1. The van der Waals surface area contributed by atoms with Crippen LogP contribution in [0.4, 0.5) is 0 Å². The molecule has 1 amide bonds. The lowest BCUT2D eigenvalue weighted by atomic mass is 9.99. The molecule has 264 valence electrons. The largest absolute Gasteiger partial charge is 0.399 e. The number of amides is 1. The number of oxime groups is 1. The van der Waals surface area contributed by atoms with E-state index in [1.54, 1.807) is 21.3 Å². The number of rotatable bonds is 12. The number of carbonyl (C=O) groups is 2. The van der Waals surface area contributed by atoms with Crippen molar-refractivity contribution in [2.75, 3.05) is 88.0 Å². The van der Waals surface area contributed by atoms with Crippen molar-refractivity contribution in [3.05, 3.63) is 0 Å². The Balaban J connectivity index is 0.000000618. The summed E-state index contributed by atoms with van der Waals surface area (Å²) in [5.74, 6) is 0.328. The van der Waals surface area contributed by atoms with Crippen molar-refractivity contribution in [2.24, 2.45) is 10.1 Å². The zero-order chi connectivity index (χ0) is 34.0. The number of hydrogen-bond acceptors (Lipinski definition) is 14. The molecule has 15 heteroatoms. The summed E-state index contributed by atoms with van der Waals surface area (Å²) < 4.78 is 4.25. The van der Waals surface area contributed by atoms with Crippen molar-refractivity contribution in [3.8, 4) is 0 Å². The lowest BCUT2D eigenvalue weighted by Crippen LogP contribution is -2.49. The van der Waals surface area contributed by atoms with Crippen LogP contribution in [0, 0.1) is 0 Å². The number of ketones is 1. The van der Waals surface area contributed by atoms with E-state index in [4.69, 9.17) is 24.8 Å². The van der Waals surface area contributed by atoms with Crippen LogP contribution in [0.3, 0.4) is 0 Å². The number of aliphatic hydroxyl groups excluding tert-OH is 1. The van der Waals surface area contributed by atoms with E-state index in [2.05, 4.69) is 48.3 Å². The molecule has 0 aromatic rings. The number of likely N-dealkylation sites (N-methyl/N-ethyl adjacent to an activating group) is 3. The number of Topliss-reactive ketones (excluding diaryl/α,β-unsaturated/α-hetero) is 1. The number of carbonyl (C=O) groups excluding carboxylic acids is 2.